The van der Waals surface area contributed by atoms with Gasteiger partial charge in [-0.05, 0) is 50.9 Å². The van der Waals surface area contributed by atoms with Gasteiger partial charge in [-0.1, -0.05) is 37.3 Å². The van der Waals surface area contributed by atoms with Crippen LogP contribution in [0.5, 0.6) is 0 Å². The van der Waals surface area contributed by atoms with Crippen LogP contribution in [0.4, 0.5) is 5.69 Å². The second-order valence-corrected chi connectivity index (χ2v) is 7.30. The summed E-state index contributed by atoms with van der Waals surface area (Å²) in [5.41, 5.74) is 2.04. The molecule has 29 heavy (non-hydrogen) atoms. The number of unbranched alkanes of at least 4 members (excludes halogenated alkanes) is 1. The zero-order valence-corrected chi connectivity index (χ0v) is 17.0. The summed E-state index contributed by atoms with van der Waals surface area (Å²) in [5, 5.41) is 14.6. The number of rotatable bonds is 9. The molecule has 0 aliphatic rings. The quantitative estimate of drug-likeness (QED) is 0.479. The first-order valence-corrected chi connectivity index (χ1v) is 10.2. The van der Waals surface area contributed by atoms with Crippen molar-refractivity contribution < 1.29 is 4.79 Å². The number of anilines is 1. The molecule has 3 rings (SSSR count). The highest BCUT2D eigenvalue weighted by molar-refractivity contribution is 5.95. The Labute approximate surface area is 170 Å². The van der Waals surface area contributed by atoms with E-state index < -0.39 is 0 Å². The molecule has 1 aromatic heterocycles. The van der Waals surface area contributed by atoms with Gasteiger partial charge in [-0.2, -0.15) is 5.10 Å². The molecule has 2 aromatic carbocycles. The maximum absolute atomic E-state index is 12.3. The molecule has 1 heterocycles. The van der Waals surface area contributed by atoms with E-state index >= 15 is 0 Å². The molecule has 0 spiro atoms. The van der Waals surface area contributed by atoms with E-state index in [0.29, 0.717) is 23.5 Å². The molecule has 1 unspecified atom stereocenters. The highest BCUT2D eigenvalue weighted by Crippen LogP contribution is 2.26. The average Bonchev–Trinajstić information content (AvgIpc) is 2.74. The van der Waals surface area contributed by atoms with Gasteiger partial charge in [0.1, 0.15) is 0 Å². The predicted molar refractivity (Wildman–Crippen MR) is 118 cm³/mol. The number of benzene rings is 2. The predicted octanol–water partition coefficient (Wildman–Crippen LogP) is 4.09. The van der Waals surface area contributed by atoms with E-state index in [1.165, 1.54) is 0 Å². The van der Waals surface area contributed by atoms with Gasteiger partial charge >= 0.3 is 0 Å². The van der Waals surface area contributed by atoms with Gasteiger partial charge in [0.05, 0.1) is 11.1 Å². The van der Waals surface area contributed by atoms with E-state index in [2.05, 4.69) is 34.7 Å². The van der Waals surface area contributed by atoms with Crippen molar-refractivity contribution in [3.8, 4) is 11.3 Å². The zero-order valence-electron chi connectivity index (χ0n) is 17.0. The molecule has 1 atom stereocenters. The second kappa shape index (κ2) is 9.98. The van der Waals surface area contributed by atoms with Crippen molar-refractivity contribution in [2.45, 2.75) is 45.6 Å². The van der Waals surface area contributed by atoms with Crippen molar-refractivity contribution in [3.05, 3.63) is 58.9 Å². The molecule has 6 heteroatoms. The fourth-order valence-corrected chi connectivity index (χ4v) is 3.21. The van der Waals surface area contributed by atoms with Crippen LogP contribution in [0.3, 0.4) is 0 Å². The summed E-state index contributed by atoms with van der Waals surface area (Å²) in [4.78, 5) is 24.3. The number of hydrogen-bond acceptors (Lipinski definition) is 4. The summed E-state index contributed by atoms with van der Waals surface area (Å²) in [6.07, 6.45) is 3.43. The number of nitrogens with zero attached hydrogens (tertiary/aromatic N) is 1. The minimum Gasteiger partial charge on any atom is -0.326 e. The number of hydrogen-bond donors (Lipinski definition) is 3. The molecule has 152 valence electrons. The summed E-state index contributed by atoms with van der Waals surface area (Å²) in [7, 11) is 0. The lowest BCUT2D eigenvalue weighted by Crippen LogP contribution is -2.26. The first-order chi connectivity index (χ1) is 14.1. The van der Waals surface area contributed by atoms with Crippen LogP contribution in [0.2, 0.25) is 0 Å². The zero-order chi connectivity index (χ0) is 20.6. The van der Waals surface area contributed by atoms with Crippen molar-refractivity contribution >= 4 is 22.4 Å². The normalized spacial score (nSPS) is 12.1. The van der Waals surface area contributed by atoms with E-state index in [1.807, 2.05) is 42.5 Å². The summed E-state index contributed by atoms with van der Waals surface area (Å²) < 4.78 is 0. The fourth-order valence-electron chi connectivity index (χ4n) is 3.21. The van der Waals surface area contributed by atoms with Crippen LogP contribution in [0.1, 0.15) is 39.5 Å². The Morgan fingerprint density at radius 3 is 2.69 bits per heavy atom. The number of H-pyrrole nitrogens is 1. The Balaban J connectivity index is 1.64. The maximum Gasteiger partial charge on any atom is 0.272 e. The van der Waals surface area contributed by atoms with E-state index in [4.69, 9.17) is 0 Å². The third-order valence-corrected chi connectivity index (χ3v) is 5.05. The molecule has 3 N–H and O–H groups in total. The van der Waals surface area contributed by atoms with E-state index in [1.54, 1.807) is 6.07 Å². The van der Waals surface area contributed by atoms with Gasteiger partial charge in [0.15, 0.2) is 0 Å². The van der Waals surface area contributed by atoms with Gasteiger partial charge < -0.3 is 10.6 Å². The average molecular weight is 393 g/mol. The van der Waals surface area contributed by atoms with Crippen LogP contribution in [-0.4, -0.2) is 28.7 Å². The number of nitrogens with one attached hydrogen (secondary N) is 3. The Kier molecular flexibility index (Phi) is 7.14. The summed E-state index contributed by atoms with van der Waals surface area (Å²) in [5.74, 6) is 0.00461. The van der Waals surface area contributed by atoms with Gasteiger partial charge in [-0.25, -0.2) is 5.10 Å². The molecule has 0 bridgehead atoms. The van der Waals surface area contributed by atoms with Crippen LogP contribution < -0.4 is 16.2 Å². The van der Waals surface area contributed by atoms with Crippen LogP contribution in [0.15, 0.2) is 53.3 Å². The second-order valence-electron chi connectivity index (χ2n) is 7.30. The van der Waals surface area contributed by atoms with Gasteiger partial charge in [0.25, 0.3) is 5.56 Å². The van der Waals surface area contributed by atoms with Crippen LogP contribution in [-0.2, 0) is 4.79 Å². The monoisotopic (exact) mass is 392 g/mol. The molecular weight excluding hydrogens is 364 g/mol. The summed E-state index contributed by atoms with van der Waals surface area (Å²) in [6, 6.07) is 15.4. The highest BCUT2D eigenvalue weighted by atomic mass is 16.1. The van der Waals surface area contributed by atoms with Gasteiger partial charge in [-0.15, -0.1) is 0 Å². The first-order valence-electron chi connectivity index (χ1n) is 10.2. The molecule has 0 aliphatic carbocycles. The van der Waals surface area contributed by atoms with Crippen molar-refractivity contribution in [3.63, 3.8) is 0 Å². The summed E-state index contributed by atoms with van der Waals surface area (Å²) >= 11 is 0. The van der Waals surface area contributed by atoms with Crippen LogP contribution in [0.25, 0.3) is 22.0 Å². The Hall–Kier alpha value is -2.99. The number of fused-ring (bicyclic) bond motifs is 1. The minimum absolute atomic E-state index is 0.00461. The molecule has 0 saturated carbocycles. The molecule has 0 saturated heterocycles. The summed E-state index contributed by atoms with van der Waals surface area (Å²) in [6.45, 7) is 5.26. The Bertz CT molecular complexity index is 1030. The number of carbonyl (C=O) groups is 1. The lowest BCUT2D eigenvalue weighted by Gasteiger charge is -2.11. The topological polar surface area (TPSA) is 86.9 Å². The van der Waals surface area contributed by atoms with Crippen molar-refractivity contribution in [1.29, 1.82) is 0 Å². The molecule has 3 aromatic rings. The van der Waals surface area contributed by atoms with Crippen LogP contribution >= 0.6 is 0 Å². The standard InChI is InChI=1S/C23H28N4O2/c1-3-16(2)24-14-7-6-13-21(28)25-18-10-8-9-17(15-18)22-19-11-4-5-12-20(19)23(29)27-26-22/h4-5,8-12,15-16,24H,3,6-7,13-14H2,1-2H3,(H,25,28)(H,27,29). The van der Waals surface area contributed by atoms with Crippen molar-refractivity contribution in [2.24, 2.45) is 0 Å². The van der Waals surface area contributed by atoms with Crippen molar-refractivity contribution in [2.75, 3.05) is 11.9 Å². The molecule has 6 nitrogen and oxygen atoms in total. The minimum atomic E-state index is -0.211. The third kappa shape index (κ3) is 5.51. The number of aromatic amines is 1. The van der Waals surface area contributed by atoms with Gasteiger partial charge in [-0.3, -0.25) is 9.59 Å². The lowest BCUT2D eigenvalue weighted by atomic mass is 10.0. The molecule has 1 amide bonds. The Morgan fingerprint density at radius 1 is 1.10 bits per heavy atom. The first kappa shape index (κ1) is 20.7. The van der Waals surface area contributed by atoms with Gasteiger partial charge in [0.2, 0.25) is 5.91 Å². The number of carbonyl (C=O) groups excluding carboxylic acids is 1. The van der Waals surface area contributed by atoms with Crippen molar-refractivity contribution in [1.82, 2.24) is 15.5 Å². The number of aromatic nitrogens is 2. The Morgan fingerprint density at radius 2 is 1.90 bits per heavy atom. The van der Waals surface area contributed by atoms with E-state index in [9.17, 15) is 9.59 Å². The van der Waals surface area contributed by atoms with E-state index in [0.717, 1.165) is 42.4 Å². The van der Waals surface area contributed by atoms with Gasteiger partial charge in [0, 0.05) is 29.1 Å². The highest BCUT2D eigenvalue weighted by Gasteiger charge is 2.10. The molecule has 0 aliphatic heterocycles. The molecule has 0 radical (unpaired) electrons. The number of amides is 1. The SMILES string of the molecule is CCC(C)NCCCCC(=O)Nc1cccc(-c2n[nH]c(=O)c3ccccc23)c1. The smallest absolute Gasteiger partial charge is 0.272 e. The van der Waals surface area contributed by atoms with Crippen LogP contribution in [0, 0.1) is 0 Å². The molecule has 0 fully saturated rings. The maximum atomic E-state index is 12.3. The third-order valence-electron chi connectivity index (χ3n) is 5.05. The largest absolute Gasteiger partial charge is 0.326 e. The van der Waals surface area contributed by atoms with E-state index in [-0.39, 0.29) is 11.5 Å². The fraction of sp³-hybridized carbons (Fsp3) is 0.348. The molecular formula is C23H28N4O2. The lowest BCUT2D eigenvalue weighted by molar-refractivity contribution is -0.116.